The largest absolute Gasteiger partial charge is 0.695 e. The van der Waals surface area contributed by atoms with E-state index in [2.05, 4.69) is 18.7 Å². The second-order valence-electron chi connectivity index (χ2n) is 6.83. The first-order chi connectivity index (χ1) is 12.9. The van der Waals surface area contributed by atoms with Crippen molar-refractivity contribution in [3.8, 4) is 0 Å². The molecule has 0 saturated carbocycles. The Hall–Kier alpha value is -2.21. The summed E-state index contributed by atoms with van der Waals surface area (Å²) in [6.07, 6.45) is 12.0. The topological polar surface area (TPSA) is 79.3 Å². The van der Waals surface area contributed by atoms with Crippen LogP contribution in [0.1, 0.15) is 20.3 Å². The molecule has 0 fully saturated rings. The van der Waals surface area contributed by atoms with Gasteiger partial charge in [-0.15, -0.1) is 9.42 Å². The predicted molar refractivity (Wildman–Crippen MR) is 101 cm³/mol. The van der Waals surface area contributed by atoms with Crippen LogP contribution in [0.4, 0.5) is 4.79 Å². The van der Waals surface area contributed by atoms with Crippen LogP contribution in [0.5, 0.6) is 0 Å². The van der Waals surface area contributed by atoms with Gasteiger partial charge >= 0.3 is 14.3 Å². The molecule has 144 valence electrons. The number of urea groups is 1. The van der Waals surface area contributed by atoms with Gasteiger partial charge < -0.3 is 4.74 Å². The third-order valence-corrected chi connectivity index (χ3v) is 5.46. The van der Waals surface area contributed by atoms with Gasteiger partial charge in [0.2, 0.25) is 0 Å². The van der Waals surface area contributed by atoms with E-state index in [0.717, 1.165) is 12.0 Å². The molecular weight excluding hydrogens is 367 g/mol. The van der Waals surface area contributed by atoms with Crippen molar-refractivity contribution in [3.05, 3.63) is 60.2 Å². The Labute approximate surface area is 159 Å². The fourth-order valence-electron chi connectivity index (χ4n) is 3.34. The first-order valence-corrected chi connectivity index (χ1v) is 9.97. The Morgan fingerprint density at radius 1 is 1.44 bits per heavy atom. The maximum absolute atomic E-state index is 13.1. The summed E-state index contributed by atoms with van der Waals surface area (Å²) >= 11 is 0. The monoisotopic (exact) mass is 391 g/mol. The van der Waals surface area contributed by atoms with Crippen molar-refractivity contribution in [1.29, 1.82) is 0 Å². The van der Waals surface area contributed by atoms with Gasteiger partial charge in [-0.1, -0.05) is 37.8 Å². The molecule has 0 aromatic heterocycles. The first kappa shape index (κ1) is 19.5. The number of hydrogen-bond donors (Lipinski definition) is 1. The van der Waals surface area contributed by atoms with E-state index in [4.69, 9.17) is 14.2 Å². The summed E-state index contributed by atoms with van der Waals surface area (Å²) in [5.74, 6) is 0.664. The number of carbonyl (C=O) groups is 1. The van der Waals surface area contributed by atoms with Crippen molar-refractivity contribution in [3.63, 3.8) is 0 Å². The summed E-state index contributed by atoms with van der Waals surface area (Å²) in [5, 5.41) is 0. The summed E-state index contributed by atoms with van der Waals surface area (Å²) in [4.78, 5) is 25.2. The molecule has 0 aromatic carbocycles. The van der Waals surface area contributed by atoms with Gasteiger partial charge in [-0.25, -0.2) is 4.79 Å². The van der Waals surface area contributed by atoms with Gasteiger partial charge in [0, 0.05) is 28.9 Å². The Morgan fingerprint density at radius 3 is 2.89 bits per heavy atom. The summed E-state index contributed by atoms with van der Waals surface area (Å²) in [5.41, 5.74) is 1.55. The van der Waals surface area contributed by atoms with E-state index in [-0.39, 0.29) is 24.5 Å². The number of nitrogens with zero attached hydrogens (tertiary/aromatic N) is 2. The second-order valence-corrected chi connectivity index (χ2v) is 7.56. The van der Waals surface area contributed by atoms with Crippen LogP contribution in [0.15, 0.2) is 60.2 Å². The van der Waals surface area contributed by atoms with Crippen LogP contribution in [0.3, 0.4) is 0 Å². The number of rotatable bonds is 6. The molecule has 0 aromatic rings. The molecule has 1 N–H and O–H groups in total. The van der Waals surface area contributed by atoms with Crippen LogP contribution in [-0.2, 0) is 13.8 Å². The number of hydrogen-bond acceptors (Lipinski definition) is 4. The van der Waals surface area contributed by atoms with E-state index in [1.54, 1.807) is 22.1 Å². The van der Waals surface area contributed by atoms with E-state index in [0.29, 0.717) is 18.0 Å². The molecule has 0 bridgehead atoms. The fraction of sp³-hybridized carbons (Fsp3) is 0.421. The highest BCUT2D eigenvalue weighted by Gasteiger charge is 2.41. The number of amides is 2. The normalized spacial score (nSPS) is 28.3. The molecule has 2 amide bonds. The SMILES string of the molecule is C=C1C=CN(C2OC(CO[P+](=O)O)=C(C)C2C)C(=O)N1CC1C=CC=CC1. The lowest BCUT2D eigenvalue weighted by Gasteiger charge is -2.38. The van der Waals surface area contributed by atoms with Gasteiger partial charge in [0.05, 0.1) is 0 Å². The van der Waals surface area contributed by atoms with Gasteiger partial charge in [0.25, 0.3) is 0 Å². The summed E-state index contributed by atoms with van der Waals surface area (Å²) < 4.78 is 21.5. The maximum Gasteiger partial charge on any atom is 0.695 e. The Bertz CT molecular complexity index is 770. The zero-order valence-corrected chi connectivity index (χ0v) is 16.3. The highest BCUT2D eigenvalue weighted by Crippen LogP contribution is 2.36. The van der Waals surface area contributed by atoms with Crippen molar-refractivity contribution in [2.75, 3.05) is 13.2 Å². The first-order valence-electron chi connectivity index (χ1n) is 8.84. The Balaban J connectivity index is 1.71. The van der Waals surface area contributed by atoms with Gasteiger partial charge in [-0.3, -0.25) is 9.80 Å². The molecule has 8 heteroatoms. The van der Waals surface area contributed by atoms with Gasteiger partial charge in [0.1, 0.15) is 5.76 Å². The lowest BCUT2D eigenvalue weighted by atomic mass is 9.99. The minimum atomic E-state index is -2.70. The van der Waals surface area contributed by atoms with E-state index < -0.39 is 14.5 Å². The van der Waals surface area contributed by atoms with Crippen LogP contribution >= 0.6 is 8.25 Å². The molecule has 27 heavy (non-hydrogen) atoms. The molecule has 2 heterocycles. The molecule has 7 nitrogen and oxygen atoms in total. The molecule has 4 atom stereocenters. The van der Waals surface area contributed by atoms with Crippen molar-refractivity contribution in [2.45, 2.75) is 26.5 Å². The highest BCUT2D eigenvalue weighted by molar-refractivity contribution is 7.32. The third kappa shape index (κ3) is 4.21. The van der Waals surface area contributed by atoms with Gasteiger partial charge in [-0.05, 0) is 30.9 Å². The Kier molecular flexibility index (Phi) is 5.95. The molecule has 2 aliphatic heterocycles. The van der Waals surface area contributed by atoms with Crippen molar-refractivity contribution in [2.24, 2.45) is 11.8 Å². The highest BCUT2D eigenvalue weighted by atomic mass is 31.1. The molecule has 1 aliphatic carbocycles. The van der Waals surface area contributed by atoms with Crippen LogP contribution in [-0.4, -0.2) is 40.1 Å². The smallest absolute Gasteiger partial charge is 0.471 e. The number of ether oxygens (including phenoxy) is 1. The molecule has 0 saturated heterocycles. The van der Waals surface area contributed by atoms with E-state index >= 15 is 0 Å². The average Bonchev–Trinajstić information content (AvgIpc) is 2.93. The molecular formula is C19H24N2O5P+. The zero-order chi connectivity index (χ0) is 19.6. The lowest BCUT2D eigenvalue weighted by Crippen LogP contribution is -2.50. The molecule has 3 rings (SSSR count). The molecule has 4 unspecified atom stereocenters. The minimum Gasteiger partial charge on any atom is -0.471 e. The average molecular weight is 391 g/mol. The quantitative estimate of drug-likeness (QED) is 0.697. The van der Waals surface area contributed by atoms with E-state index in [1.807, 2.05) is 26.0 Å². The van der Waals surface area contributed by atoms with Crippen molar-refractivity contribution >= 4 is 14.3 Å². The molecule has 3 aliphatic rings. The summed E-state index contributed by atoms with van der Waals surface area (Å²) in [6.45, 7) is 8.27. The van der Waals surface area contributed by atoms with E-state index in [1.165, 1.54) is 0 Å². The molecule has 0 spiro atoms. The molecule has 0 radical (unpaired) electrons. The lowest BCUT2D eigenvalue weighted by molar-refractivity contribution is 0.00499. The number of allylic oxidation sites excluding steroid dienone is 4. The third-order valence-electron chi connectivity index (χ3n) is 5.11. The van der Waals surface area contributed by atoms with E-state index in [9.17, 15) is 9.36 Å². The van der Waals surface area contributed by atoms with Gasteiger partial charge in [0.15, 0.2) is 12.8 Å². The fourth-order valence-corrected chi connectivity index (χ4v) is 3.57. The Morgan fingerprint density at radius 2 is 2.22 bits per heavy atom. The number of carbonyl (C=O) groups excluding carboxylic acids is 1. The van der Waals surface area contributed by atoms with Crippen LogP contribution in [0, 0.1) is 11.8 Å². The summed E-state index contributed by atoms with van der Waals surface area (Å²) in [7, 11) is -2.70. The predicted octanol–water partition coefficient (Wildman–Crippen LogP) is 3.82. The zero-order valence-electron chi connectivity index (χ0n) is 15.4. The van der Waals surface area contributed by atoms with Crippen LogP contribution < -0.4 is 0 Å². The van der Waals surface area contributed by atoms with Gasteiger partial charge in [-0.2, -0.15) is 0 Å². The second kappa shape index (κ2) is 8.21. The van der Waals surface area contributed by atoms with Crippen LogP contribution in [0.2, 0.25) is 0 Å². The van der Waals surface area contributed by atoms with Crippen molar-refractivity contribution in [1.82, 2.24) is 9.80 Å². The summed E-state index contributed by atoms with van der Waals surface area (Å²) in [6, 6.07) is -0.189. The minimum absolute atomic E-state index is 0.0699. The maximum atomic E-state index is 13.1. The van der Waals surface area contributed by atoms with Crippen molar-refractivity contribution < 1.29 is 23.5 Å². The van der Waals surface area contributed by atoms with Crippen LogP contribution in [0.25, 0.3) is 0 Å². The standard InChI is InChI=1S/C19H23N2O5P/c1-13-9-10-20(19(22)21(13)11-16-7-5-4-6-8-16)18-15(3)14(2)17(26-18)12-25-27(23)24/h4-7,9-10,15-16,18H,1,8,11-12H2,2-3H3/p+1.